The minimum atomic E-state index is -0.149. The zero-order valence-corrected chi connectivity index (χ0v) is 21.5. The molecule has 0 spiro atoms. The lowest BCUT2D eigenvalue weighted by Crippen LogP contribution is -2.15. The summed E-state index contributed by atoms with van der Waals surface area (Å²) in [4.78, 5) is 0. The Bertz CT molecular complexity index is 830. The van der Waals surface area contributed by atoms with Gasteiger partial charge in [0.1, 0.15) is 11.5 Å². The van der Waals surface area contributed by atoms with E-state index in [1.807, 2.05) is 0 Å². The molecule has 2 nitrogen and oxygen atoms in total. The van der Waals surface area contributed by atoms with Gasteiger partial charge in [0.05, 0.1) is 0 Å². The van der Waals surface area contributed by atoms with Gasteiger partial charge in [-0.05, 0) is 68.9 Å². The second kappa shape index (κ2) is 9.27. The van der Waals surface area contributed by atoms with Gasteiger partial charge < -0.3 is 10.2 Å². The van der Waals surface area contributed by atoms with Crippen molar-refractivity contribution in [3.63, 3.8) is 0 Å². The van der Waals surface area contributed by atoms with Crippen molar-refractivity contribution in [1.29, 1.82) is 0 Å². The van der Waals surface area contributed by atoms with Crippen molar-refractivity contribution in [3.8, 4) is 11.5 Å². The molecule has 0 fully saturated rings. The zero-order chi connectivity index (χ0) is 23.7. The maximum absolute atomic E-state index is 11.2. The van der Waals surface area contributed by atoms with Crippen LogP contribution in [0.4, 0.5) is 0 Å². The average molecular weight is 425 g/mol. The quantitative estimate of drug-likeness (QED) is 0.499. The van der Waals surface area contributed by atoms with Crippen LogP contribution in [0.1, 0.15) is 103 Å². The van der Waals surface area contributed by atoms with Gasteiger partial charge in [0.2, 0.25) is 0 Å². The molecule has 2 aromatic carbocycles. The molecule has 172 valence electrons. The van der Waals surface area contributed by atoms with Crippen LogP contribution in [0.15, 0.2) is 24.3 Å². The second-order valence-electron chi connectivity index (χ2n) is 12.2. The van der Waals surface area contributed by atoms with E-state index in [-0.39, 0.29) is 10.8 Å². The summed E-state index contributed by atoms with van der Waals surface area (Å²) >= 11 is 0. The molecule has 0 bridgehead atoms. The van der Waals surface area contributed by atoms with Crippen molar-refractivity contribution >= 4 is 0 Å². The van der Waals surface area contributed by atoms with Crippen LogP contribution in [0, 0.1) is 11.8 Å². The van der Waals surface area contributed by atoms with Crippen LogP contribution in [0.3, 0.4) is 0 Å². The summed E-state index contributed by atoms with van der Waals surface area (Å²) < 4.78 is 0. The summed E-state index contributed by atoms with van der Waals surface area (Å²) in [6, 6.07) is 8.59. The van der Waals surface area contributed by atoms with Gasteiger partial charge in [0.25, 0.3) is 0 Å². The van der Waals surface area contributed by atoms with E-state index in [2.05, 4.69) is 93.5 Å². The molecule has 0 aromatic heterocycles. The maximum Gasteiger partial charge on any atom is 0.122 e. The third-order valence-corrected chi connectivity index (χ3v) is 5.78. The molecule has 31 heavy (non-hydrogen) atoms. The predicted molar refractivity (Wildman–Crippen MR) is 134 cm³/mol. The molecule has 0 atom stereocenters. The molecule has 0 radical (unpaired) electrons. The van der Waals surface area contributed by atoms with E-state index < -0.39 is 0 Å². The Labute approximate surface area is 190 Å². The van der Waals surface area contributed by atoms with E-state index in [9.17, 15) is 10.2 Å². The molecule has 0 aliphatic carbocycles. The first kappa shape index (κ1) is 25.3. The third kappa shape index (κ3) is 6.51. The highest BCUT2D eigenvalue weighted by Crippen LogP contribution is 2.40. The highest BCUT2D eigenvalue weighted by Gasteiger charge is 2.25. The summed E-state index contributed by atoms with van der Waals surface area (Å²) in [6.07, 6.45) is 2.48. The van der Waals surface area contributed by atoms with E-state index in [1.165, 1.54) is 11.1 Å². The van der Waals surface area contributed by atoms with Crippen LogP contribution in [-0.2, 0) is 30.1 Å². The molecule has 0 saturated heterocycles. The van der Waals surface area contributed by atoms with Crippen molar-refractivity contribution in [3.05, 3.63) is 57.6 Å². The van der Waals surface area contributed by atoms with Gasteiger partial charge in [-0.3, -0.25) is 0 Å². The lowest BCUT2D eigenvalue weighted by molar-refractivity contribution is 0.434. The van der Waals surface area contributed by atoms with Crippen LogP contribution in [0.5, 0.6) is 11.5 Å². The summed E-state index contributed by atoms with van der Waals surface area (Å²) in [5.41, 5.74) is 5.97. The first-order valence-electron chi connectivity index (χ1n) is 11.8. The summed E-state index contributed by atoms with van der Waals surface area (Å²) in [5.74, 6) is 1.82. The summed E-state index contributed by atoms with van der Waals surface area (Å²) in [6.45, 7) is 21.7. The van der Waals surface area contributed by atoms with Gasteiger partial charge in [0.15, 0.2) is 0 Å². The molecule has 0 heterocycles. The van der Waals surface area contributed by atoms with Crippen molar-refractivity contribution in [2.45, 2.75) is 99.3 Å². The van der Waals surface area contributed by atoms with Gasteiger partial charge in [-0.25, -0.2) is 0 Å². The van der Waals surface area contributed by atoms with Crippen LogP contribution in [0.25, 0.3) is 0 Å². The molecule has 2 aromatic rings. The molecule has 2 N–H and O–H groups in total. The summed E-state index contributed by atoms with van der Waals surface area (Å²) in [5, 5.41) is 22.4. The Balaban J connectivity index is 2.66. The van der Waals surface area contributed by atoms with Crippen LogP contribution >= 0.6 is 0 Å². The minimum Gasteiger partial charge on any atom is -0.507 e. The first-order chi connectivity index (χ1) is 14.1. The molecule has 0 unspecified atom stereocenters. The molecule has 2 rings (SSSR count). The smallest absolute Gasteiger partial charge is 0.122 e. The van der Waals surface area contributed by atoms with Gasteiger partial charge in [-0.1, -0.05) is 93.5 Å². The number of benzene rings is 2. The lowest BCUT2D eigenvalue weighted by atomic mass is 9.80. The minimum absolute atomic E-state index is 0.149. The van der Waals surface area contributed by atoms with Crippen molar-refractivity contribution in [2.75, 3.05) is 0 Å². The molecular weight excluding hydrogens is 380 g/mol. The van der Waals surface area contributed by atoms with Gasteiger partial charge in [-0.15, -0.1) is 0 Å². The number of phenolic OH excluding ortho intramolecular Hbond substituents is 2. The van der Waals surface area contributed by atoms with E-state index >= 15 is 0 Å². The number of hydrogen-bond acceptors (Lipinski definition) is 2. The number of rotatable bonds is 6. The number of hydrogen-bond donors (Lipinski definition) is 2. The molecule has 0 aliphatic rings. The first-order valence-corrected chi connectivity index (χ1v) is 11.8. The second-order valence-corrected chi connectivity index (χ2v) is 12.2. The van der Waals surface area contributed by atoms with Crippen molar-refractivity contribution < 1.29 is 10.2 Å². The van der Waals surface area contributed by atoms with E-state index in [0.29, 0.717) is 29.8 Å². The SMILES string of the molecule is CC(C)Cc1cc(Cc2cc(CC(C)C)cc(C(C)(C)C)c2O)c(O)c(C(C)(C)C)c1. The zero-order valence-electron chi connectivity index (χ0n) is 21.5. The summed E-state index contributed by atoms with van der Waals surface area (Å²) in [7, 11) is 0. The monoisotopic (exact) mass is 424 g/mol. The van der Waals surface area contributed by atoms with Gasteiger partial charge in [0, 0.05) is 6.42 Å². The Morgan fingerprint density at radius 3 is 1.19 bits per heavy atom. The molecular formula is C29H44O2. The largest absolute Gasteiger partial charge is 0.507 e. The van der Waals surface area contributed by atoms with Crippen LogP contribution in [0.2, 0.25) is 0 Å². The Kier molecular flexibility index (Phi) is 7.56. The molecule has 2 heteroatoms. The fourth-order valence-corrected chi connectivity index (χ4v) is 4.32. The highest BCUT2D eigenvalue weighted by atomic mass is 16.3. The molecule has 0 saturated carbocycles. The van der Waals surface area contributed by atoms with Crippen LogP contribution in [-0.4, -0.2) is 10.2 Å². The van der Waals surface area contributed by atoms with Gasteiger partial charge in [-0.2, -0.15) is 0 Å². The highest BCUT2D eigenvalue weighted by molar-refractivity contribution is 5.53. The van der Waals surface area contributed by atoms with Crippen molar-refractivity contribution in [1.82, 2.24) is 0 Å². The van der Waals surface area contributed by atoms with Gasteiger partial charge >= 0.3 is 0 Å². The molecule has 0 aliphatic heterocycles. The topological polar surface area (TPSA) is 40.5 Å². The standard InChI is InChI=1S/C29H44O2/c1-18(2)11-20-13-22(26(30)24(15-20)28(5,6)7)17-23-14-21(12-19(3)4)16-25(27(23)31)29(8,9)10/h13-16,18-19,30-31H,11-12,17H2,1-10H3. The Hall–Kier alpha value is -1.96. The third-order valence-electron chi connectivity index (χ3n) is 5.78. The predicted octanol–water partition coefficient (Wildman–Crippen LogP) is 7.68. The fourth-order valence-electron chi connectivity index (χ4n) is 4.32. The average Bonchev–Trinajstić information content (AvgIpc) is 2.57. The van der Waals surface area contributed by atoms with E-state index in [0.717, 1.165) is 35.1 Å². The van der Waals surface area contributed by atoms with Crippen LogP contribution < -0.4 is 0 Å². The maximum atomic E-state index is 11.2. The normalized spacial score (nSPS) is 12.8. The lowest BCUT2D eigenvalue weighted by Gasteiger charge is -2.26. The molecule has 0 amide bonds. The number of phenols is 2. The van der Waals surface area contributed by atoms with Crippen molar-refractivity contribution in [2.24, 2.45) is 11.8 Å². The van der Waals surface area contributed by atoms with E-state index in [1.54, 1.807) is 0 Å². The Morgan fingerprint density at radius 2 is 0.935 bits per heavy atom. The van der Waals surface area contributed by atoms with E-state index in [4.69, 9.17) is 0 Å². The Morgan fingerprint density at radius 1 is 0.613 bits per heavy atom. The number of aromatic hydroxyl groups is 2. The fraction of sp³-hybridized carbons (Fsp3) is 0.586.